The summed E-state index contributed by atoms with van der Waals surface area (Å²) in [5.41, 5.74) is 3.14. The zero-order chi connectivity index (χ0) is 36.9. The van der Waals surface area contributed by atoms with Crippen molar-refractivity contribution in [2.75, 3.05) is 39.6 Å². The van der Waals surface area contributed by atoms with Crippen LogP contribution in [-0.2, 0) is 36.2 Å². The fourth-order valence-corrected chi connectivity index (χ4v) is 6.15. The van der Waals surface area contributed by atoms with Gasteiger partial charge in [0.2, 0.25) is 0 Å². The number of rotatable bonds is 22. The molecule has 0 bridgehead atoms. The van der Waals surface area contributed by atoms with Crippen LogP contribution in [0.4, 0.5) is 0 Å². The number of carbonyl (C=O) groups excluding carboxylic acids is 2. The number of benzene rings is 2. The van der Waals surface area contributed by atoms with E-state index in [0.29, 0.717) is 74.7 Å². The number of aldehydes is 2. The van der Waals surface area contributed by atoms with Crippen molar-refractivity contribution >= 4 is 12.6 Å². The van der Waals surface area contributed by atoms with E-state index in [1.165, 1.54) is 0 Å². The van der Waals surface area contributed by atoms with Gasteiger partial charge in [-0.05, 0) is 71.9 Å². The first kappa shape index (κ1) is 41.9. The summed E-state index contributed by atoms with van der Waals surface area (Å²) in [6.07, 6.45) is 7.81. The molecule has 0 radical (unpaired) electrons. The molecule has 7 heteroatoms. The monoisotopic (exact) mass is 678 g/mol. The summed E-state index contributed by atoms with van der Waals surface area (Å²) in [6, 6.07) is 8.07. The van der Waals surface area contributed by atoms with Crippen molar-refractivity contribution < 1.29 is 33.3 Å². The molecule has 0 aliphatic heterocycles. The van der Waals surface area contributed by atoms with Gasteiger partial charge in [-0.3, -0.25) is 9.59 Å². The van der Waals surface area contributed by atoms with Crippen LogP contribution in [0.25, 0.3) is 0 Å². The van der Waals surface area contributed by atoms with Crippen molar-refractivity contribution in [2.24, 2.45) is 0 Å². The van der Waals surface area contributed by atoms with E-state index in [9.17, 15) is 9.59 Å². The first-order valence-electron chi connectivity index (χ1n) is 17.8. The Kier molecular flexibility index (Phi) is 16.0. The van der Waals surface area contributed by atoms with Gasteiger partial charge >= 0.3 is 0 Å². The minimum Gasteiger partial charge on any atom is -0.488 e. The first-order valence-corrected chi connectivity index (χ1v) is 17.8. The summed E-state index contributed by atoms with van der Waals surface area (Å²) < 4.78 is 31.5. The zero-order valence-electron chi connectivity index (χ0n) is 32.0. The van der Waals surface area contributed by atoms with E-state index in [-0.39, 0.29) is 24.0 Å². The number of ether oxygens (including phenoxy) is 5. The molecule has 0 amide bonds. The summed E-state index contributed by atoms with van der Waals surface area (Å²) in [7, 11) is 0. The third-order valence-corrected chi connectivity index (χ3v) is 9.39. The lowest BCUT2D eigenvalue weighted by atomic mass is 9.79. The third kappa shape index (κ3) is 10.4. The minimum absolute atomic E-state index is 0.173. The van der Waals surface area contributed by atoms with Crippen LogP contribution in [-0.4, -0.2) is 52.2 Å². The van der Waals surface area contributed by atoms with Gasteiger partial charge in [0.05, 0.1) is 48.8 Å². The maximum absolute atomic E-state index is 12.2. The lowest BCUT2D eigenvalue weighted by molar-refractivity contribution is -0.100. The molecule has 7 nitrogen and oxygen atoms in total. The van der Waals surface area contributed by atoms with Gasteiger partial charge in [0, 0.05) is 11.1 Å². The Labute approximate surface area is 296 Å². The highest BCUT2D eigenvalue weighted by molar-refractivity contribution is 5.82. The van der Waals surface area contributed by atoms with E-state index in [1.807, 2.05) is 12.1 Å². The maximum Gasteiger partial charge on any atom is 0.153 e. The molecular weight excluding hydrogens is 616 g/mol. The van der Waals surface area contributed by atoms with Crippen LogP contribution in [0.5, 0.6) is 11.5 Å². The fourth-order valence-electron chi connectivity index (χ4n) is 6.15. The van der Waals surface area contributed by atoms with Crippen LogP contribution in [0.3, 0.4) is 0 Å². The Morgan fingerprint density at radius 1 is 0.571 bits per heavy atom. The summed E-state index contributed by atoms with van der Waals surface area (Å²) in [5, 5.41) is 0. The molecule has 2 aromatic carbocycles. The van der Waals surface area contributed by atoms with Crippen LogP contribution in [0.1, 0.15) is 138 Å². The molecule has 0 unspecified atom stereocenters. The van der Waals surface area contributed by atoms with Gasteiger partial charge < -0.3 is 23.7 Å². The SMILES string of the molecule is C=CCOc1c(C=O)cc(C(C)(C)C)cc1C(CC)(CC)OCCOCCOC(CC)(CC)c1cc(C(C)(C)C)cc(C=O)c1OCC=C. The average molecular weight is 679 g/mol. The predicted molar refractivity (Wildman–Crippen MR) is 200 cm³/mol. The van der Waals surface area contributed by atoms with E-state index in [2.05, 4.69) is 94.5 Å². The predicted octanol–water partition coefficient (Wildman–Crippen LogP) is 9.82. The molecule has 0 fully saturated rings. The Hall–Kier alpha value is -3.26. The molecule has 0 saturated heterocycles. The topological polar surface area (TPSA) is 80.3 Å². The van der Waals surface area contributed by atoms with E-state index in [1.54, 1.807) is 12.2 Å². The first-order chi connectivity index (χ1) is 23.2. The number of carbonyl (C=O) groups is 2. The van der Waals surface area contributed by atoms with Crippen LogP contribution < -0.4 is 9.47 Å². The van der Waals surface area contributed by atoms with Crippen molar-refractivity contribution in [1.29, 1.82) is 0 Å². The Balaban J connectivity index is 2.27. The molecular formula is C42H62O7. The van der Waals surface area contributed by atoms with Crippen molar-refractivity contribution in [1.82, 2.24) is 0 Å². The van der Waals surface area contributed by atoms with E-state index in [4.69, 9.17) is 23.7 Å². The van der Waals surface area contributed by atoms with Gasteiger partial charge in [-0.25, -0.2) is 0 Å². The van der Waals surface area contributed by atoms with Crippen molar-refractivity contribution in [2.45, 2.75) is 117 Å². The highest BCUT2D eigenvalue weighted by Crippen LogP contribution is 2.44. The van der Waals surface area contributed by atoms with Crippen molar-refractivity contribution in [3.63, 3.8) is 0 Å². The van der Waals surface area contributed by atoms with E-state index in [0.717, 1.165) is 34.8 Å². The zero-order valence-corrected chi connectivity index (χ0v) is 32.0. The molecule has 2 rings (SSSR count). The van der Waals surface area contributed by atoms with Gasteiger partial charge in [0.25, 0.3) is 0 Å². The molecule has 272 valence electrons. The molecule has 0 heterocycles. The molecule has 0 aliphatic carbocycles. The summed E-state index contributed by atoms with van der Waals surface area (Å²) in [4.78, 5) is 24.5. The lowest BCUT2D eigenvalue weighted by Crippen LogP contribution is -2.33. The molecule has 49 heavy (non-hydrogen) atoms. The smallest absolute Gasteiger partial charge is 0.153 e. The van der Waals surface area contributed by atoms with Gasteiger partial charge in [-0.2, -0.15) is 0 Å². The van der Waals surface area contributed by atoms with Gasteiger partial charge in [-0.15, -0.1) is 0 Å². The summed E-state index contributed by atoms with van der Waals surface area (Å²) >= 11 is 0. The van der Waals surface area contributed by atoms with Gasteiger partial charge in [0.1, 0.15) is 24.7 Å². The molecule has 0 N–H and O–H groups in total. The normalized spacial score (nSPS) is 12.4. The third-order valence-electron chi connectivity index (χ3n) is 9.39. The lowest BCUT2D eigenvalue weighted by Gasteiger charge is -2.36. The average Bonchev–Trinajstić information content (AvgIpc) is 3.08. The van der Waals surface area contributed by atoms with Gasteiger partial charge in [-0.1, -0.05) is 94.5 Å². The van der Waals surface area contributed by atoms with Crippen LogP contribution in [0, 0.1) is 0 Å². The number of hydrogen-bond donors (Lipinski definition) is 0. The second-order valence-electron chi connectivity index (χ2n) is 14.5. The maximum atomic E-state index is 12.2. The highest BCUT2D eigenvalue weighted by Gasteiger charge is 2.37. The van der Waals surface area contributed by atoms with Crippen LogP contribution >= 0.6 is 0 Å². The second kappa shape index (κ2) is 18.7. The van der Waals surface area contributed by atoms with Crippen molar-refractivity contribution in [3.05, 3.63) is 83.0 Å². The standard InChI is InChI=1S/C42H62O7/c1-13-19-46-37-31(29-43)25-33(39(7,8)9)27-35(37)41(15-3,16-4)48-23-21-45-22-24-49-42(17-5,18-6)36-28-34(40(10,11)12)26-32(30-44)38(36)47-20-14-2/h13-14,25-30H,1-2,15-24H2,3-12H3. The Bertz CT molecular complexity index is 1280. The highest BCUT2D eigenvalue weighted by atomic mass is 16.6. The molecule has 0 aliphatic rings. The summed E-state index contributed by atoms with van der Waals surface area (Å²) in [5.74, 6) is 1.09. The minimum atomic E-state index is -0.675. The molecule has 0 saturated carbocycles. The Morgan fingerprint density at radius 2 is 0.918 bits per heavy atom. The quantitative estimate of drug-likeness (QED) is 0.0697. The van der Waals surface area contributed by atoms with E-state index < -0.39 is 11.2 Å². The Morgan fingerprint density at radius 3 is 1.18 bits per heavy atom. The van der Waals surface area contributed by atoms with Gasteiger partial charge in [0.15, 0.2) is 12.6 Å². The molecule has 2 aromatic rings. The largest absolute Gasteiger partial charge is 0.488 e. The van der Waals surface area contributed by atoms with Crippen molar-refractivity contribution in [3.8, 4) is 11.5 Å². The fraction of sp³-hybridized carbons (Fsp3) is 0.571. The number of hydrogen-bond acceptors (Lipinski definition) is 7. The summed E-state index contributed by atoms with van der Waals surface area (Å²) in [6.45, 7) is 30.7. The van der Waals surface area contributed by atoms with Crippen LogP contribution in [0.15, 0.2) is 49.6 Å². The molecule has 0 atom stereocenters. The molecule has 0 spiro atoms. The molecule has 0 aromatic heterocycles. The van der Waals surface area contributed by atoms with E-state index >= 15 is 0 Å². The van der Waals surface area contributed by atoms with Crippen LogP contribution in [0.2, 0.25) is 0 Å². The second-order valence-corrected chi connectivity index (χ2v) is 14.5.